The standard InChI is InChI=1S/C23H37F2N7O7/c1-4-5-6-14(33)30-18-13(20(26)35)11-23(25,32-22(27)37)19(16(18)24)31-21(36)17(12(2)3)29-15(34)7-8-38-9-10-39-28/h11-12,17,19H,4-10,28H2,1-3H3,(H2,26,35)(H,29,34)(H,30,33)(H,31,36)(H3,27,32,37)/t17-,19?,23?/m0/s1. The third kappa shape index (κ3) is 10.2. The van der Waals surface area contributed by atoms with Gasteiger partial charge in [-0.3, -0.25) is 19.2 Å². The normalized spacial score (nSPS) is 19.7. The Morgan fingerprint density at radius 1 is 1.08 bits per heavy atom. The van der Waals surface area contributed by atoms with Crippen molar-refractivity contribution in [2.24, 2.45) is 23.3 Å². The van der Waals surface area contributed by atoms with Crippen LogP contribution in [0.15, 0.2) is 23.2 Å². The Labute approximate surface area is 224 Å². The lowest BCUT2D eigenvalue weighted by atomic mass is 9.90. The van der Waals surface area contributed by atoms with E-state index in [9.17, 15) is 24.0 Å². The summed E-state index contributed by atoms with van der Waals surface area (Å²) in [7, 11) is 0. The van der Waals surface area contributed by atoms with Gasteiger partial charge in [0.25, 0.3) is 5.91 Å². The Hall–Kier alpha value is -3.63. The minimum absolute atomic E-state index is 0.0144. The SMILES string of the molecule is CCCCC(=O)NC1=C(F)C(NC(=O)[C@@H](NC(=O)CCOCCON)C(C)C)C(F)(NC(N)=O)C=C1C(N)=O. The van der Waals surface area contributed by atoms with Crippen molar-refractivity contribution < 1.29 is 42.3 Å². The summed E-state index contributed by atoms with van der Waals surface area (Å²) in [5.74, 6) is -4.10. The molecule has 220 valence electrons. The van der Waals surface area contributed by atoms with Crippen molar-refractivity contribution in [3.8, 4) is 0 Å². The summed E-state index contributed by atoms with van der Waals surface area (Å²) in [4.78, 5) is 65.6. The van der Waals surface area contributed by atoms with Crippen LogP contribution in [0.1, 0.15) is 46.5 Å². The predicted octanol–water partition coefficient (Wildman–Crippen LogP) is -0.844. The lowest BCUT2D eigenvalue weighted by Gasteiger charge is -2.37. The van der Waals surface area contributed by atoms with Gasteiger partial charge in [0.2, 0.25) is 23.5 Å². The van der Waals surface area contributed by atoms with E-state index in [1.54, 1.807) is 19.2 Å². The predicted molar refractivity (Wildman–Crippen MR) is 134 cm³/mol. The van der Waals surface area contributed by atoms with Gasteiger partial charge in [-0.25, -0.2) is 19.5 Å². The number of carbonyl (C=O) groups is 5. The van der Waals surface area contributed by atoms with Gasteiger partial charge in [-0.05, 0) is 18.4 Å². The van der Waals surface area contributed by atoms with Crippen LogP contribution in [0.5, 0.6) is 0 Å². The van der Waals surface area contributed by atoms with Gasteiger partial charge in [-0.2, -0.15) is 0 Å². The molecule has 6 amide bonds. The van der Waals surface area contributed by atoms with Crippen molar-refractivity contribution in [3.63, 3.8) is 0 Å². The van der Waals surface area contributed by atoms with Crippen LogP contribution in [-0.2, 0) is 28.8 Å². The molecule has 16 heteroatoms. The average Bonchev–Trinajstić information content (AvgIpc) is 2.84. The fraction of sp³-hybridized carbons (Fsp3) is 0.609. The molecule has 0 saturated heterocycles. The molecule has 0 aromatic carbocycles. The van der Waals surface area contributed by atoms with Crippen LogP contribution in [0, 0.1) is 5.92 Å². The number of hydrogen-bond acceptors (Lipinski definition) is 8. The Bertz CT molecular complexity index is 990. The Kier molecular flexibility index (Phi) is 13.4. The van der Waals surface area contributed by atoms with Gasteiger partial charge in [-0.15, -0.1) is 0 Å². The van der Waals surface area contributed by atoms with Crippen molar-refractivity contribution >= 4 is 29.7 Å². The first kappa shape index (κ1) is 33.4. The fourth-order valence-electron chi connectivity index (χ4n) is 3.54. The average molecular weight is 562 g/mol. The maximum atomic E-state index is 16.0. The van der Waals surface area contributed by atoms with Gasteiger partial charge in [0.05, 0.1) is 31.1 Å². The molecule has 1 aliphatic rings. The van der Waals surface area contributed by atoms with Crippen LogP contribution in [-0.4, -0.2) is 67.4 Å². The van der Waals surface area contributed by atoms with Gasteiger partial charge >= 0.3 is 6.03 Å². The van der Waals surface area contributed by atoms with Crippen LogP contribution >= 0.6 is 0 Å². The molecule has 0 spiro atoms. The molecule has 14 nitrogen and oxygen atoms in total. The molecule has 1 aliphatic carbocycles. The first-order valence-corrected chi connectivity index (χ1v) is 12.3. The molecular formula is C23H37F2N7O7. The summed E-state index contributed by atoms with van der Waals surface area (Å²) in [6, 6.07) is -5.02. The van der Waals surface area contributed by atoms with E-state index in [4.69, 9.17) is 22.1 Å². The van der Waals surface area contributed by atoms with Crippen LogP contribution < -0.4 is 38.6 Å². The molecule has 2 unspecified atom stereocenters. The number of ether oxygens (including phenoxy) is 1. The second-order valence-electron chi connectivity index (χ2n) is 9.02. The zero-order valence-corrected chi connectivity index (χ0v) is 22.1. The van der Waals surface area contributed by atoms with E-state index in [1.807, 2.05) is 6.92 Å². The molecule has 39 heavy (non-hydrogen) atoms. The number of hydrogen-bond donors (Lipinski definition) is 7. The number of alkyl halides is 1. The number of nitrogens with two attached hydrogens (primary N) is 3. The topological polar surface area (TPSA) is 230 Å². The van der Waals surface area contributed by atoms with Gasteiger partial charge < -0.3 is 42.3 Å². The summed E-state index contributed by atoms with van der Waals surface area (Å²) in [5, 5.41) is 8.39. The quantitative estimate of drug-likeness (QED) is 0.0711. The number of urea groups is 1. The third-order valence-electron chi connectivity index (χ3n) is 5.51. The number of unbranched alkanes of at least 4 members (excludes halogenated alkanes) is 1. The number of amides is 6. The molecule has 0 aromatic rings. The van der Waals surface area contributed by atoms with Gasteiger partial charge in [0.15, 0.2) is 5.83 Å². The van der Waals surface area contributed by atoms with Crippen molar-refractivity contribution in [2.75, 3.05) is 19.8 Å². The highest BCUT2D eigenvalue weighted by Crippen LogP contribution is 2.33. The Morgan fingerprint density at radius 3 is 2.28 bits per heavy atom. The molecule has 10 N–H and O–H groups in total. The zero-order chi connectivity index (χ0) is 29.8. The number of nitrogens with one attached hydrogen (secondary N) is 4. The third-order valence-corrected chi connectivity index (χ3v) is 5.51. The maximum Gasteiger partial charge on any atom is 0.314 e. The van der Waals surface area contributed by atoms with Crippen molar-refractivity contribution in [2.45, 2.75) is 64.3 Å². The van der Waals surface area contributed by atoms with Crippen molar-refractivity contribution in [1.82, 2.24) is 21.3 Å². The van der Waals surface area contributed by atoms with Crippen LogP contribution in [0.3, 0.4) is 0 Å². The van der Waals surface area contributed by atoms with E-state index >= 15 is 8.78 Å². The molecule has 0 bridgehead atoms. The second kappa shape index (κ2) is 15.7. The van der Waals surface area contributed by atoms with Gasteiger partial charge in [0, 0.05) is 12.8 Å². The maximum absolute atomic E-state index is 16.0. The lowest BCUT2D eigenvalue weighted by Crippen LogP contribution is -2.64. The highest BCUT2D eigenvalue weighted by molar-refractivity contribution is 5.99. The summed E-state index contributed by atoms with van der Waals surface area (Å²) < 4.78 is 36.9. The highest BCUT2D eigenvalue weighted by Gasteiger charge is 2.49. The molecule has 0 fully saturated rings. The van der Waals surface area contributed by atoms with Crippen molar-refractivity contribution in [3.05, 3.63) is 23.2 Å². The number of halogens is 2. The summed E-state index contributed by atoms with van der Waals surface area (Å²) in [5.41, 5.74) is 8.77. The number of rotatable bonds is 16. The molecule has 0 aromatic heterocycles. The van der Waals surface area contributed by atoms with E-state index in [0.29, 0.717) is 18.9 Å². The summed E-state index contributed by atoms with van der Waals surface area (Å²) >= 11 is 0. The molecule has 0 radical (unpaired) electrons. The van der Waals surface area contributed by atoms with E-state index in [1.165, 1.54) is 0 Å². The van der Waals surface area contributed by atoms with E-state index in [0.717, 1.165) is 0 Å². The van der Waals surface area contributed by atoms with E-state index in [-0.39, 0.29) is 32.7 Å². The first-order valence-electron chi connectivity index (χ1n) is 12.3. The van der Waals surface area contributed by atoms with Gasteiger partial charge in [-0.1, -0.05) is 27.2 Å². The van der Waals surface area contributed by atoms with E-state index in [2.05, 4.69) is 20.8 Å². The van der Waals surface area contributed by atoms with Crippen LogP contribution in [0.4, 0.5) is 13.6 Å². The monoisotopic (exact) mass is 561 g/mol. The van der Waals surface area contributed by atoms with Gasteiger partial charge in [0.1, 0.15) is 12.1 Å². The summed E-state index contributed by atoms with van der Waals surface area (Å²) in [6.45, 7) is 5.18. The molecule has 0 heterocycles. The Balaban J connectivity index is 3.28. The number of carbonyl (C=O) groups excluding carboxylic acids is 5. The minimum atomic E-state index is -3.27. The largest absolute Gasteiger partial charge is 0.378 e. The van der Waals surface area contributed by atoms with Crippen LogP contribution in [0.2, 0.25) is 0 Å². The molecular weight excluding hydrogens is 524 g/mol. The zero-order valence-electron chi connectivity index (χ0n) is 22.1. The smallest absolute Gasteiger partial charge is 0.314 e. The van der Waals surface area contributed by atoms with Crippen molar-refractivity contribution in [1.29, 1.82) is 0 Å². The molecule has 0 saturated carbocycles. The fourth-order valence-corrected chi connectivity index (χ4v) is 3.54. The molecule has 1 rings (SSSR count). The van der Waals surface area contributed by atoms with Crippen LogP contribution in [0.25, 0.3) is 0 Å². The summed E-state index contributed by atoms with van der Waals surface area (Å²) in [6.07, 6.45) is 1.34. The molecule has 3 atom stereocenters. The lowest BCUT2D eigenvalue weighted by molar-refractivity contribution is -0.131. The first-order chi connectivity index (χ1) is 18.3. The second-order valence-corrected chi connectivity index (χ2v) is 9.02. The highest BCUT2D eigenvalue weighted by atomic mass is 19.2. The minimum Gasteiger partial charge on any atom is -0.378 e. The molecule has 0 aliphatic heterocycles. The van der Waals surface area contributed by atoms with E-state index < -0.39 is 70.6 Å². The Morgan fingerprint density at radius 2 is 1.74 bits per heavy atom. The number of primary amides is 2.